The number of rotatable bonds is 6. The average molecular weight is 495 g/mol. The number of benzene rings is 2. The fourth-order valence-electron chi connectivity index (χ4n) is 5.14. The molecule has 1 unspecified atom stereocenters. The number of piperidine rings is 1. The quantitative estimate of drug-likeness (QED) is 0.559. The molecule has 0 aliphatic carbocycles. The van der Waals surface area contributed by atoms with E-state index in [4.69, 9.17) is 4.52 Å². The fraction of sp³-hybridized carbons (Fsp3) is 0.385. The van der Waals surface area contributed by atoms with Crippen LogP contribution in [0.3, 0.4) is 0 Å². The lowest BCUT2D eigenvalue weighted by molar-refractivity contribution is -0.120. The van der Waals surface area contributed by atoms with Crippen LogP contribution in [-0.4, -0.2) is 43.4 Å². The lowest BCUT2D eigenvalue weighted by Crippen LogP contribution is -2.44. The summed E-state index contributed by atoms with van der Waals surface area (Å²) in [4.78, 5) is 15.7. The van der Waals surface area contributed by atoms with Gasteiger partial charge in [-0.25, -0.2) is 8.42 Å². The van der Waals surface area contributed by atoms with E-state index in [-0.39, 0.29) is 23.1 Å². The predicted octanol–water partition coefficient (Wildman–Crippen LogP) is 3.89. The number of fused-ring (bicyclic) bond motifs is 1. The van der Waals surface area contributed by atoms with Gasteiger partial charge in [-0.3, -0.25) is 4.79 Å². The van der Waals surface area contributed by atoms with Gasteiger partial charge in [-0.1, -0.05) is 41.6 Å². The van der Waals surface area contributed by atoms with Gasteiger partial charge in [0.2, 0.25) is 15.9 Å². The zero-order chi connectivity index (χ0) is 24.6. The number of nitrogens with one attached hydrogen (secondary N) is 1. The molecule has 184 valence electrons. The maximum absolute atomic E-state index is 13.3. The molecule has 1 saturated heterocycles. The van der Waals surface area contributed by atoms with Crippen molar-refractivity contribution in [3.8, 4) is 0 Å². The zero-order valence-corrected chi connectivity index (χ0v) is 20.8. The highest BCUT2D eigenvalue weighted by Crippen LogP contribution is 2.31. The fourth-order valence-corrected chi connectivity index (χ4v) is 6.95. The van der Waals surface area contributed by atoms with Crippen molar-refractivity contribution in [1.29, 1.82) is 0 Å². The minimum absolute atomic E-state index is 0.106. The van der Waals surface area contributed by atoms with Gasteiger partial charge < -0.3 is 14.7 Å². The lowest BCUT2D eigenvalue weighted by atomic mass is 9.98. The first-order chi connectivity index (χ1) is 16.8. The number of hydrogen-bond acceptors (Lipinski definition) is 6. The maximum Gasteiger partial charge on any atom is 0.248 e. The minimum atomic E-state index is -3.78. The zero-order valence-electron chi connectivity index (χ0n) is 20.0. The summed E-state index contributed by atoms with van der Waals surface area (Å²) in [7, 11) is -3.78. The molecule has 8 nitrogen and oxygen atoms in total. The molecule has 0 spiro atoms. The third-order valence-electron chi connectivity index (χ3n) is 6.94. The van der Waals surface area contributed by atoms with Crippen molar-refractivity contribution in [3.63, 3.8) is 0 Å². The van der Waals surface area contributed by atoms with Crippen molar-refractivity contribution >= 4 is 27.3 Å². The summed E-state index contributed by atoms with van der Waals surface area (Å²) in [6, 6.07) is 16.2. The molecule has 1 aromatic heterocycles. The normalized spacial score (nSPS) is 18.5. The van der Waals surface area contributed by atoms with Crippen LogP contribution >= 0.6 is 0 Å². The molecule has 2 aliphatic rings. The predicted molar refractivity (Wildman–Crippen MR) is 134 cm³/mol. The Balaban J connectivity index is 1.30. The van der Waals surface area contributed by atoms with Crippen molar-refractivity contribution in [1.82, 2.24) is 9.46 Å². The minimum Gasteiger partial charge on any atom is -0.367 e. The molecule has 1 amide bonds. The molecule has 5 rings (SSSR count). The number of para-hydroxylation sites is 2. The first-order valence-electron chi connectivity index (χ1n) is 12.0. The first kappa shape index (κ1) is 23.6. The van der Waals surface area contributed by atoms with Crippen molar-refractivity contribution in [2.75, 3.05) is 29.9 Å². The number of anilines is 2. The van der Waals surface area contributed by atoms with E-state index >= 15 is 0 Å². The molecule has 35 heavy (non-hydrogen) atoms. The summed E-state index contributed by atoms with van der Waals surface area (Å²) < 4.78 is 33.0. The van der Waals surface area contributed by atoms with Gasteiger partial charge in [0.15, 0.2) is 5.76 Å². The highest BCUT2D eigenvalue weighted by molar-refractivity contribution is 7.89. The van der Waals surface area contributed by atoms with Gasteiger partial charge in [0.25, 0.3) is 0 Å². The van der Waals surface area contributed by atoms with Crippen LogP contribution in [-0.2, 0) is 27.8 Å². The highest BCUT2D eigenvalue weighted by atomic mass is 32.2. The van der Waals surface area contributed by atoms with Gasteiger partial charge in [0.1, 0.15) is 10.6 Å². The van der Waals surface area contributed by atoms with Crippen LogP contribution in [0.1, 0.15) is 35.4 Å². The Bertz CT molecular complexity index is 1330. The molecular weight excluding hydrogens is 464 g/mol. The van der Waals surface area contributed by atoms with E-state index in [1.807, 2.05) is 24.3 Å². The number of aryl methyl sites for hydroxylation is 2. The smallest absolute Gasteiger partial charge is 0.248 e. The molecule has 1 fully saturated rings. The van der Waals surface area contributed by atoms with Crippen LogP contribution in [0, 0.1) is 19.8 Å². The van der Waals surface area contributed by atoms with Gasteiger partial charge in [-0.05, 0) is 56.4 Å². The Kier molecular flexibility index (Phi) is 6.37. The number of amides is 1. The monoisotopic (exact) mass is 494 g/mol. The van der Waals surface area contributed by atoms with Crippen molar-refractivity contribution < 1.29 is 17.7 Å². The molecule has 0 saturated carbocycles. The number of aromatic nitrogens is 1. The van der Waals surface area contributed by atoms with Crippen LogP contribution < -0.4 is 10.2 Å². The second-order valence-corrected chi connectivity index (χ2v) is 11.2. The third kappa shape index (κ3) is 4.58. The topological polar surface area (TPSA) is 95.8 Å². The number of nitrogens with zero attached hydrogens (tertiary/aromatic N) is 3. The Morgan fingerprint density at radius 3 is 2.69 bits per heavy atom. The summed E-state index contributed by atoms with van der Waals surface area (Å²) in [6.45, 7) is 5.37. The molecule has 0 radical (unpaired) electrons. The van der Waals surface area contributed by atoms with Crippen LogP contribution in [0.15, 0.2) is 57.9 Å². The summed E-state index contributed by atoms with van der Waals surface area (Å²) in [5, 5.41) is 6.88. The molecule has 2 aliphatic heterocycles. The SMILES string of the molecule is Cc1noc(C)c1S(=O)(=O)N1CCCC(C(=O)Nc2ccccc2CN2CCc3ccccc32)C1. The Hall–Kier alpha value is -3.17. The molecule has 1 N–H and O–H groups in total. The van der Waals surface area contributed by atoms with Gasteiger partial charge >= 0.3 is 0 Å². The van der Waals surface area contributed by atoms with Crippen LogP contribution in [0.4, 0.5) is 11.4 Å². The Morgan fingerprint density at radius 1 is 1.11 bits per heavy atom. The van der Waals surface area contributed by atoms with Crippen LogP contribution in [0.2, 0.25) is 0 Å². The van der Waals surface area contributed by atoms with E-state index in [0.717, 1.165) is 24.2 Å². The first-order valence-corrected chi connectivity index (χ1v) is 13.4. The van der Waals surface area contributed by atoms with Gasteiger partial charge in [-0.15, -0.1) is 0 Å². The molecule has 3 aromatic rings. The van der Waals surface area contributed by atoms with Gasteiger partial charge in [0, 0.05) is 37.6 Å². The number of carbonyl (C=O) groups excluding carboxylic acids is 1. The molecule has 2 aromatic carbocycles. The summed E-state index contributed by atoms with van der Waals surface area (Å²) >= 11 is 0. The molecular formula is C26H30N4O4S. The largest absolute Gasteiger partial charge is 0.367 e. The van der Waals surface area contributed by atoms with Crippen molar-refractivity contribution in [2.24, 2.45) is 5.92 Å². The van der Waals surface area contributed by atoms with E-state index < -0.39 is 15.9 Å². The van der Waals surface area contributed by atoms with Gasteiger partial charge in [-0.2, -0.15) is 4.31 Å². The maximum atomic E-state index is 13.3. The lowest BCUT2D eigenvalue weighted by Gasteiger charge is -2.31. The van der Waals surface area contributed by atoms with E-state index in [0.29, 0.717) is 31.6 Å². The van der Waals surface area contributed by atoms with E-state index in [9.17, 15) is 13.2 Å². The van der Waals surface area contributed by atoms with Crippen molar-refractivity contribution in [3.05, 3.63) is 71.1 Å². The summed E-state index contributed by atoms with van der Waals surface area (Å²) in [5.41, 5.74) is 4.73. The highest BCUT2D eigenvalue weighted by Gasteiger charge is 2.36. The second kappa shape index (κ2) is 9.47. The average Bonchev–Trinajstić information content (AvgIpc) is 3.43. The number of sulfonamides is 1. The molecule has 0 bridgehead atoms. The van der Waals surface area contributed by atoms with E-state index in [1.54, 1.807) is 13.8 Å². The number of hydrogen-bond donors (Lipinski definition) is 1. The third-order valence-corrected chi connectivity index (χ3v) is 9.05. The summed E-state index contributed by atoms with van der Waals surface area (Å²) in [5.74, 6) is -0.316. The molecule has 3 heterocycles. The summed E-state index contributed by atoms with van der Waals surface area (Å²) in [6.07, 6.45) is 2.27. The second-order valence-electron chi connectivity index (χ2n) is 9.30. The Morgan fingerprint density at radius 2 is 1.89 bits per heavy atom. The number of carbonyl (C=O) groups is 1. The molecule has 1 atom stereocenters. The van der Waals surface area contributed by atoms with Gasteiger partial charge in [0.05, 0.1) is 5.92 Å². The van der Waals surface area contributed by atoms with E-state index in [1.165, 1.54) is 15.6 Å². The van der Waals surface area contributed by atoms with Crippen molar-refractivity contribution in [2.45, 2.75) is 44.6 Å². The van der Waals surface area contributed by atoms with E-state index in [2.05, 4.69) is 39.6 Å². The van der Waals surface area contributed by atoms with Crippen LogP contribution in [0.25, 0.3) is 0 Å². The Labute approximate surface area is 206 Å². The van der Waals surface area contributed by atoms with Crippen LogP contribution in [0.5, 0.6) is 0 Å². The standard InChI is InChI=1S/C26H30N4O4S/c1-18-25(19(2)34-28-18)35(32,33)30-14-7-10-22(17-30)26(31)27-23-11-5-3-9-21(23)16-29-15-13-20-8-4-6-12-24(20)29/h3-6,8-9,11-12,22H,7,10,13-17H2,1-2H3,(H,27,31). The molecule has 9 heteroatoms.